The molecule has 18 heavy (non-hydrogen) atoms. The molecule has 1 aromatic heterocycles. The maximum atomic E-state index is 13.8. The lowest BCUT2D eigenvalue weighted by atomic mass is 10.0. The molecule has 4 heteroatoms. The van der Waals surface area contributed by atoms with Crippen molar-refractivity contribution >= 4 is 11.6 Å². The van der Waals surface area contributed by atoms with Gasteiger partial charge >= 0.3 is 0 Å². The van der Waals surface area contributed by atoms with E-state index < -0.39 is 11.9 Å². The molecule has 0 amide bonds. The fraction of sp³-hybridized carbons (Fsp3) is 0.286. The number of rotatable bonds is 2. The minimum atomic E-state index is -1.00. The van der Waals surface area contributed by atoms with E-state index in [1.807, 2.05) is 20.8 Å². The fourth-order valence-electron chi connectivity index (χ4n) is 2.02. The summed E-state index contributed by atoms with van der Waals surface area (Å²) in [6.07, 6.45) is -1.00. The van der Waals surface area contributed by atoms with Gasteiger partial charge in [0.2, 0.25) is 0 Å². The molecule has 0 aliphatic carbocycles. The maximum absolute atomic E-state index is 13.8. The smallest absolute Gasteiger partial charge is 0.130 e. The van der Waals surface area contributed by atoms with Crippen molar-refractivity contribution in [2.24, 2.45) is 0 Å². The minimum absolute atomic E-state index is 0.226. The zero-order valence-corrected chi connectivity index (χ0v) is 11.3. The second-order valence-electron chi connectivity index (χ2n) is 4.48. The predicted octanol–water partition coefficient (Wildman–Crippen LogP) is 3.81. The molecule has 1 heterocycles. The molecule has 0 fully saturated rings. The van der Waals surface area contributed by atoms with Gasteiger partial charge in [0.15, 0.2) is 0 Å². The van der Waals surface area contributed by atoms with Crippen LogP contribution in [0.4, 0.5) is 4.39 Å². The molecular formula is C14H15ClFNO. The van der Waals surface area contributed by atoms with Gasteiger partial charge in [-0.25, -0.2) is 4.39 Å². The van der Waals surface area contributed by atoms with Crippen LogP contribution in [0.2, 0.25) is 5.02 Å². The zero-order valence-electron chi connectivity index (χ0n) is 10.5. The van der Waals surface area contributed by atoms with Gasteiger partial charge in [-0.3, -0.25) is 0 Å². The highest BCUT2D eigenvalue weighted by Crippen LogP contribution is 2.29. The molecule has 96 valence electrons. The Labute approximate surface area is 110 Å². The summed E-state index contributed by atoms with van der Waals surface area (Å²) in [5.74, 6) is -0.501. The Balaban J connectivity index is 2.47. The van der Waals surface area contributed by atoms with Crippen molar-refractivity contribution in [1.29, 1.82) is 0 Å². The van der Waals surface area contributed by atoms with E-state index in [-0.39, 0.29) is 5.56 Å². The van der Waals surface area contributed by atoms with Crippen LogP contribution in [0.3, 0.4) is 0 Å². The van der Waals surface area contributed by atoms with E-state index in [2.05, 4.69) is 4.98 Å². The van der Waals surface area contributed by atoms with Crippen LogP contribution in [-0.2, 0) is 0 Å². The SMILES string of the molecule is Cc1[nH]c(C(O)c2ccc(Cl)cc2F)c(C)c1C. The van der Waals surface area contributed by atoms with Crippen molar-refractivity contribution < 1.29 is 9.50 Å². The third-order valence-corrected chi connectivity index (χ3v) is 3.62. The van der Waals surface area contributed by atoms with Crippen LogP contribution in [-0.4, -0.2) is 10.1 Å². The third-order valence-electron chi connectivity index (χ3n) is 3.38. The third kappa shape index (κ3) is 2.16. The molecule has 0 saturated heterocycles. The summed E-state index contributed by atoms with van der Waals surface area (Å²) in [6, 6.07) is 4.28. The number of aromatic nitrogens is 1. The first-order valence-electron chi connectivity index (χ1n) is 5.70. The van der Waals surface area contributed by atoms with E-state index in [0.29, 0.717) is 10.7 Å². The van der Waals surface area contributed by atoms with E-state index in [1.54, 1.807) is 6.07 Å². The summed E-state index contributed by atoms with van der Waals surface area (Å²) in [6.45, 7) is 5.80. The summed E-state index contributed by atoms with van der Waals surface area (Å²) in [4.78, 5) is 3.10. The quantitative estimate of drug-likeness (QED) is 0.853. The van der Waals surface area contributed by atoms with Gasteiger partial charge in [0.25, 0.3) is 0 Å². The van der Waals surface area contributed by atoms with Crippen molar-refractivity contribution in [2.75, 3.05) is 0 Å². The molecule has 0 radical (unpaired) electrons. The Morgan fingerprint density at radius 2 is 1.89 bits per heavy atom. The Morgan fingerprint density at radius 3 is 2.39 bits per heavy atom. The second kappa shape index (κ2) is 4.75. The number of halogens is 2. The van der Waals surface area contributed by atoms with Gasteiger partial charge in [-0.15, -0.1) is 0 Å². The van der Waals surface area contributed by atoms with Crippen molar-refractivity contribution in [2.45, 2.75) is 26.9 Å². The molecule has 1 unspecified atom stereocenters. The number of aromatic amines is 1. The molecule has 2 N–H and O–H groups in total. The second-order valence-corrected chi connectivity index (χ2v) is 4.92. The van der Waals surface area contributed by atoms with Crippen molar-refractivity contribution in [3.63, 3.8) is 0 Å². The van der Waals surface area contributed by atoms with Gasteiger partial charge in [0.05, 0.1) is 5.69 Å². The number of benzene rings is 1. The van der Waals surface area contributed by atoms with Crippen LogP contribution in [0, 0.1) is 26.6 Å². The summed E-state index contributed by atoms with van der Waals surface area (Å²) in [7, 11) is 0. The standard InChI is InChI=1S/C14H15ClFNO/c1-7-8(2)13(17-9(7)3)14(18)11-5-4-10(15)6-12(11)16/h4-6,14,17-18H,1-3H3. The number of aryl methyl sites for hydroxylation is 1. The van der Waals surface area contributed by atoms with E-state index >= 15 is 0 Å². The van der Waals surface area contributed by atoms with Crippen molar-refractivity contribution in [1.82, 2.24) is 4.98 Å². The summed E-state index contributed by atoms with van der Waals surface area (Å²) >= 11 is 5.70. The average molecular weight is 268 g/mol. The minimum Gasteiger partial charge on any atom is -0.382 e. The van der Waals surface area contributed by atoms with Gasteiger partial charge in [0, 0.05) is 16.3 Å². The lowest BCUT2D eigenvalue weighted by Crippen LogP contribution is -2.04. The van der Waals surface area contributed by atoms with Crippen LogP contribution in [0.5, 0.6) is 0 Å². The molecule has 0 aliphatic rings. The zero-order chi connectivity index (χ0) is 13.4. The predicted molar refractivity (Wildman–Crippen MR) is 70.5 cm³/mol. The van der Waals surface area contributed by atoms with Crippen LogP contribution in [0.15, 0.2) is 18.2 Å². The average Bonchev–Trinajstić information content (AvgIpc) is 2.56. The molecule has 0 aliphatic heterocycles. The lowest BCUT2D eigenvalue weighted by molar-refractivity contribution is 0.210. The molecule has 1 aromatic carbocycles. The highest BCUT2D eigenvalue weighted by Gasteiger charge is 2.20. The van der Waals surface area contributed by atoms with Crippen LogP contribution < -0.4 is 0 Å². The lowest BCUT2D eigenvalue weighted by Gasteiger charge is -2.12. The fourth-order valence-corrected chi connectivity index (χ4v) is 2.18. The van der Waals surface area contributed by atoms with Gasteiger partial charge < -0.3 is 10.1 Å². The number of hydrogen-bond acceptors (Lipinski definition) is 1. The number of H-pyrrole nitrogens is 1. The first-order valence-corrected chi connectivity index (χ1v) is 6.08. The Morgan fingerprint density at radius 1 is 1.22 bits per heavy atom. The first-order chi connectivity index (χ1) is 8.41. The van der Waals surface area contributed by atoms with Crippen molar-refractivity contribution in [3.8, 4) is 0 Å². The van der Waals surface area contributed by atoms with Gasteiger partial charge in [-0.1, -0.05) is 17.7 Å². The Kier molecular flexibility index (Phi) is 3.46. The normalized spacial score (nSPS) is 12.8. The number of aliphatic hydroxyl groups is 1. The van der Waals surface area contributed by atoms with Gasteiger partial charge in [0.1, 0.15) is 11.9 Å². The van der Waals surface area contributed by atoms with Crippen molar-refractivity contribution in [3.05, 3.63) is 57.1 Å². The van der Waals surface area contributed by atoms with E-state index in [1.165, 1.54) is 12.1 Å². The highest BCUT2D eigenvalue weighted by atomic mass is 35.5. The maximum Gasteiger partial charge on any atom is 0.130 e. The van der Waals surface area contributed by atoms with Crippen LogP contribution >= 0.6 is 11.6 Å². The summed E-state index contributed by atoms with van der Waals surface area (Å²) in [5, 5.41) is 10.6. The topological polar surface area (TPSA) is 36.0 Å². The largest absolute Gasteiger partial charge is 0.382 e. The number of hydrogen-bond donors (Lipinski definition) is 2. The van der Waals surface area contributed by atoms with E-state index in [4.69, 9.17) is 11.6 Å². The van der Waals surface area contributed by atoms with Crippen LogP contribution in [0.25, 0.3) is 0 Å². The molecule has 0 spiro atoms. The Bertz CT molecular complexity index is 592. The van der Waals surface area contributed by atoms with E-state index in [9.17, 15) is 9.50 Å². The van der Waals surface area contributed by atoms with E-state index in [0.717, 1.165) is 16.8 Å². The summed E-state index contributed by atoms with van der Waals surface area (Å²) < 4.78 is 13.8. The molecule has 2 rings (SSSR count). The first kappa shape index (κ1) is 13.1. The van der Waals surface area contributed by atoms with Gasteiger partial charge in [-0.2, -0.15) is 0 Å². The Hall–Kier alpha value is -1.32. The molecule has 2 nitrogen and oxygen atoms in total. The van der Waals surface area contributed by atoms with Crippen LogP contribution in [0.1, 0.15) is 34.2 Å². The van der Waals surface area contributed by atoms with Gasteiger partial charge in [-0.05, 0) is 44.0 Å². The molecule has 0 saturated carbocycles. The number of nitrogens with one attached hydrogen (secondary N) is 1. The molecular weight excluding hydrogens is 253 g/mol. The number of aliphatic hydroxyl groups excluding tert-OH is 1. The summed E-state index contributed by atoms with van der Waals surface area (Å²) in [5.41, 5.74) is 3.87. The molecule has 1 atom stereocenters. The highest BCUT2D eigenvalue weighted by molar-refractivity contribution is 6.30. The molecule has 2 aromatic rings. The monoisotopic (exact) mass is 267 g/mol. The molecule has 0 bridgehead atoms.